The topological polar surface area (TPSA) is 70.8 Å². The molecule has 0 radical (unpaired) electrons. The number of hydrogen-bond donors (Lipinski definition) is 2. The fraction of sp³-hybridized carbons (Fsp3) is 0.632. The molecule has 28 heavy (non-hydrogen) atoms. The summed E-state index contributed by atoms with van der Waals surface area (Å²) in [5.74, 6) is -0.297. The van der Waals surface area contributed by atoms with Crippen LogP contribution < -0.4 is 15.8 Å². The number of carbonyl (C=O) groups excluding carboxylic acids is 1. The molecule has 1 aromatic carbocycles. The summed E-state index contributed by atoms with van der Waals surface area (Å²) in [6.45, 7) is 1.49. The molecular formula is C19H27F3N4O2. The van der Waals surface area contributed by atoms with E-state index in [2.05, 4.69) is 10.1 Å². The van der Waals surface area contributed by atoms with E-state index in [1.807, 2.05) is 11.9 Å². The van der Waals surface area contributed by atoms with Crippen molar-refractivity contribution >= 4 is 5.91 Å². The number of nitrogens with one attached hydrogen (secondary N) is 1. The lowest BCUT2D eigenvalue weighted by Crippen LogP contribution is -2.50. The number of hydrogen-bond acceptors (Lipinski definition) is 5. The van der Waals surface area contributed by atoms with Crippen molar-refractivity contribution in [2.75, 3.05) is 20.3 Å². The Hall–Kier alpha value is -1.84. The quantitative estimate of drug-likeness (QED) is 0.792. The Kier molecular flexibility index (Phi) is 6.47. The van der Waals surface area contributed by atoms with Crippen LogP contribution in [-0.4, -0.2) is 60.5 Å². The molecule has 1 aliphatic heterocycles. The fourth-order valence-corrected chi connectivity index (χ4v) is 3.91. The molecule has 2 fully saturated rings. The number of likely N-dealkylation sites (N-methyl/N-ethyl adjacent to an activating group) is 1. The smallest absolute Gasteiger partial charge is 0.406 e. The third kappa shape index (κ3) is 5.59. The van der Waals surface area contributed by atoms with Gasteiger partial charge in [0.1, 0.15) is 11.8 Å². The van der Waals surface area contributed by atoms with E-state index in [1.165, 1.54) is 18.2 Å². The first-order chi connectivity index (χ1) is 13.2. The number of carbonyl (C=O) groups is 1. The number of alkyl halides is 3. The minimum atomic E-state index is -4.74. The number of nitrogens with zero attached hydrogens (tertiary/aromatic N) is 2. The molecule has 6 nitrogen and oxygen atoms in total. The van der Waals surface area contributed by atoms with Crippen LogP contribution in [0.25, 0.3) is 0 Å². The van der Waals surface area contributed by atoms with Crippen molar-refractivity contribution in [3.63, 3.8) is 0 Å². The highest BCUT2D eigenvalue weighted by atomic mass is 19.4. The van der Waals surface area contributed by atoms with Crippen LogP contribution in [0.15, 0.2) is 24.3 Å². The summed E-state index contributed by atoms with van der Waals surface area (Å²) in [4.78, 5) is 17.0. The van der Waals surface area contributed by atoms with Gasteiger partial charge >= 0.3 is 6.36 Å². The van der Waals surface area contributed by atoms with Crippen LogP contribution in [0.1, 0.15) is 31.2 Å². The second-order valence-corrected chi connectivity index (χ2v) is 7.68. The van der Waals surface area contributed by atoms with Gasteiger partial charge in [-0.25, -0.2) is 0 Å². The molecule has 1 heterocycles. The first-order valence-corrected chi connectivity index (χ1v) is 9.54. The lowest BCUT2D eigenvalue weighted by Gasteiger charge is -2.37. The molecule has 156 valence electrons. The van der Waals surface area contributed by atoms with Crippen molar-refractivity contribution in [1.29, 1.82) is 0 Å². The third-order valence-corrected chi connectivity index (χ3v) is 5.35. The van der Waals surface area contributed by atoms with E-state index >= 15 is 0 Å². The van der Waals surface area contributed by atoms with Gasteiger partial charge in [-0.2, -0.15) is 0 Å². The molecule has 1 saturated heterocycles. The maximum absolute atomic E-state index is 13.2. The summed E-state index contributed by atoms with van der Waals surface area (Å²) >= 11 is 0. The van der Waals surface area contributed by atoms with Crippen molar-refractivity contribution in [1.82, 2.24) is 15.1 Å². The first kappa shape index (κ1) is 20.9. The number of halogens is 3. The van der Waals surface area contributed by atoms with Crippen LogP contribution in [0, 0.1) is 0 Å². The zero-order chi connectivity index (χ0) is 20.3. The summed E-state index contributed by atoms with van der Waals surface area (Å²) in [6.07, 6.45) is -1.47. The van der Waals surface area contributed by atoms with E-state index in [0.717, 1.165) is 25.7 Å². The number of benzene rings is 1. The van der Waals surface area contributed by atoms with E-state index in [0.29, 0.717) is 18.8 Å². The molecule has 9 heteroatoms. The number of nitrogens with two attached hydrogens (primary N) is 1. The van der Waals surface area contributed by atoms with Gasteiger partial charge < -0.3 is 15.4 Å². The van der Waals surface area contributed by atoms with Gasteiger partial charge in [0.2, 0.25) is 5.91 Å². The lowest BCUT2D eigenvalue weighted by atomic mass is 9.90. The molecule has 1 aliphatic carbocycles. The lowest BCUT2D eigenvalue weighted by molar-refractivity contribution is -0.274. The molecule has 2 aliphatic rings. The van der Waals surface area contributed by atoms with Gasteiger partial charge in [-0.1, -0.05) is 12.1 Å². The van der Waals surface area contributed by atoms with E-state index in [4.69, 9.17) is 5.73 Å². The Morgan fingerprint density at radius 2 is 2.04 bits per heavy atom. The highest BCUT2D eigenvalue weighted by Crippen LogP contribution is 2.27. The zero-order valence-corrected chi connectivity index (χ0v) is 15.9. The van der Waals surface area contributed by atoms with Gasteiger partial charge in [-0.3, -0.25) is 15.0 Å². The van der Waals surface area contributed by atoms with Crippen molar-refractivity contribution < 1.29 is 22.7 Å². The molecule has 1 unspecified atom stereocenters. The highest BCUT2D eigenvalue weighted by molar-refractivity contribution is 5.82. The fourth-order valence-electron chi connectivity index (χ4n) is 3.91. The Bertz CT molecular complexity index is 677. The maximum Gasteiger partial charge on any atom is 0.573 e. The maximum atomic E-state index is 13.2. The van der Waals surface area contributed by atoms with Gasteiger partial charge in [0.05, 0.1) is 0 Å². The SMILES string of the molecule is CN1CNC(C(=O)N(Cc2cccc(OC(F)(F)F)c2)C2CCC(N)CC2)C1. The van der Waals surface area contributed by atoms with Crippen LogP contribution in [0.2, 0.25) is 0 Å². The molecule has 1 aromatic rings. The number of ether oxygens (including phenoxy) is 1. The summed E-state index contributed by atoms with van der Waals surface area (Å²) in [5.41, 5.74) is 6.61. The molecular weight excluding hydrogens is 373 g/mol. The van der Waals surface area contributed by atoms with Gasteiger partial charge in [0.25, 0.3) is 0 Å². The molecule has 1 saturated carbocycles. The molecule has 0 aromatic heterocycles. The van der Waals surface area contributed by atoms with Gasteiger partial charge in [-0.15, -0.1) is 13.2 Å². The van der Waals surface area contributed by atoms with E-state index in [-0.39, 0.29) is 36.3 Å². The standard InChI is InChI=1S/C19H27F3N4O2/c1-25-11-17(24-12-25)18(27)26(15-7-5-14(23)6-8-15)10-13-3-2-4-16(9-13)28-19(20,21)22/h2-4,9,14-15,17,24H,5-8,10-12,23H2,1H3. The second-order valence-electron chi connectivity index (χ2n) is 7.68. The largest absolute Gasteiger partial charge is 0.573 e. The van der Waals surface area contributed by atoms with Crippen LogP contribution in [-0.2, 0) is 11.3 Å². The van der Waals surface area contributed by atoms with E-state index in [9.17, 15) is 18.0 Å². The number of rotatable bonds is 5. The van der Waals surface area contributed by atoms with Crippen molar-refractivity contribution in [2.24, 2.45) is 5.73 Å². The monoisotopic (exact) mass is 400 g/mol. The van der Waals surface area contributed by atoms with E-state index in [1.54, 1.807) is 11.0 Å². The normalized spacial score (nSPS) is 26.2. The third-order valence-electron chi connectivity index (χ3n) is 5.35. The van der Waals surface area contributed by atoms with E-state index < -0.39 is 6.36 Å². The van der Waals surface area contributed by atoms with Crippen LogP contribution in [0.4, 0.5) is 13.2 Å². The first-order valence-electron chi connectivity index (χ1n) is 9.54. The molecule has 3 N–H and O–H groups in total. The molecule has 3 rings (SSSR count). The van der Waals surface area contributed by atoms with Crippen molar-refractivity contribution in [3.05, 3.63) is 29.8 Å². The van der Waals surface area contributed by atoms with Crippen LogP contribution in [0.5, 0.6) is 5.75 Å². The Morgan fingerprint density at radius 3 is 2.64 bits per heavy atom. The minimum Gasteiger partial charge on any atom is -0.406 e. The Morgan fingerprint density at radius 1 is 1.32 bits per heavy atom. The van der Waals surface area contributed by atoms with Crippen molar-refractivity contribution in [2.45, 2.75) is 56.7 Å². The van der Waals surface area contributed by atoms with Gasteiger partial charge in [0, 0.05) is 31.8 Å². The summed E-state index contributed by atoms with van der Waals surface area (Å²) in [6, 6.07) is 5.70. The summed E-state index contributed by atoms with van der Waals surface area (Å²) in [5, 5.41) is 3.20. The average Bonchev–Trinajstić information content (AvgIpc) is 3.05. The van der Waals surface area contributed by atoms with Crippen LogP contribution >= 0.6 is 0 Å². The second kappa shape index (κ2) is 8.67. The predicted octanol–water partition coefficient (Wildman–Crippen LogP) is 2.04. The molecule has 0 bridgehead atoms. The molecule has 1 atom stereocenters. The zero-order valence-electron chi connectivity index (χ0n) is 15.9. The number of amides is 1. The minimum absolute atomic E-state index is 0.0213. The highest BCUT2D eigenvalue weighted by Gasteiger charge is 2.35. The average molecular weight is 400 g/mol. The molecule has 1 amide bonds. The molecule has 0 spiro atoms. The van der Waals surface area contributed by atoms with Crippen LogP contribution in [0.3, 0.4) is 0 Å². The van der Waals surface area contributed by atoms with Gasteiger partial charge in [-0.05, 0) is 50.4 Å². The summed E-state index contributed by atoms with van der Waals surface area (Å²) < 4.78 is 41.6. The summed E-state index contributed by atoms with van der Waals surface area (Å²) in [7, 11) is 1.93. The Labute approximate surface area is 162 Å². The van der Waals surface area contributed by atoms with Gasteiger partial charge in [0.15, 0.2) is 0 Å². The predicted molar refractivity (Wildman–Crippen MR) is 98.3 cm³/mol. The van der Waals surface area contributed by atoms with Crippen molar-refractivity contribution in [3.8, 4) is 5.75 Å². The Balaban J connectivity index is 1.77.